The molecular weight excluding hydrogens is 400 g/mol. The van der Waals surface area contributed by atoms with Crippen LogP contribution in [0.15, 0.2) is 47.2 Å². The van der Waals surface area contributed by atoms with Gasteiger partial charge in [0.25, 0.3) is 0 Å². The Morgan fingerprint density at radius 1 is 1.17 bits per heavy atom. The first-order valence-electron chi connectivity index (χ1n) is 10.1. The summed E-state index contributed by atoms with van der Waals surface area (Å²) < 4.78 is 5.22. The maximum Gasteiger partial charge on any atom is 0.228 e. The molecule has 0 spiro atoms. The Morgan fingerprint density at radius 2 is 1.97 bits per heavy atom. The van der Waals surface area contributed by atoms with Crippen molar-refractivity contribution < 1.29 is 9.53 Å². The minimum atomic E-state index is 0.210. The number of benzene rings is 1. The maximum atomic E-state index is 12.7. The molecule has 1 amide bonds. The highest BCUT2D eigenvalue weighted by Gasteiger charge is 2.23. The van der Waals surface area contributed by atoms with Gasteiger partial charge in [0, 0.05) is 18.5 Å². The van der Waals surface area contributed by atoms with E-state index in [1.807, 2.05) is 28.5 Å². The van der Waals surface area contributed by atoms with Crippen LogP contribution in [0.4, 0.5) is 0 Å². The minimum Gasteiger partial charge on any atom is -0.497 e. The molecular formula is C23H26N2O2S2. The lowest BCUT2D eigenvalue weighted by Crippen LogP contribution is -2.39. The number of hydrogen-bond donors (Lipinski definition) is 0. The number of carbonyl (C=O) groups is 1. The Balaban J connectivity index is 1.22. The predicted molar refractivity (Wildman–Crippen MR) is 120 cm³/mol. The first kappa shape index (κ1) is 20.1. The predicted octanol–water partition coefficient (Wildman–Crippen LogP) is 5.29. The van der Waals surface area contributed by atoms with Crippen molar-refractivity contribution in [1.82, 2.24) is 9.88 Å². The van der Waals surface area contributed by atoms with Crippen molar-refractivity contribution >= 4 is 28.6 Å². The third-order valence-electron chi connectivity index (χ3n) is 5.58. The molecule has 0 bridgehead atoms. The maximum absolute atomic E-state index is 12.7. The highest BCUT2D eigenvalue weighted by atomic mass is 32.1. The van der Waals surface area contributed by atoms with Gasteiger partial charge in [0.2, 0.25) is 5.91 Å². The normalized spacial score (nSPS) is 14.9. The molecule has 152 valence electrons. The Bertz CT molecular complexity index is 911. The fraction of sp³-hybridized carbons (Fsp3) is 0.391. The highest BCUT2D eigenvalue weighted by Crippen LogP contribution is 2.28. The molecule has 29 heavy (non-hydrogen) atoms. The third-order valence-corrected chi connectivity index (χ3v) is 7.51. The second kappa shape index (κ2) is 9.55. The van der Waals surface area contributed by atoms with Crippen LogP contribution in [0.5, 0.6) is 5.75 Å². The molecule has 0 unspecified atom stereocenters. The molecule has 1 fully saturated rings. The number of carbonyl (C=O) groups excluding carboxylic acids is 1. The van der Waals surface area contributed by atoms with E-state index in [0.29, 0.717) is 12.3 Å². The molecule has 6 heteroatoms. The molecule has 4 rings (SSSR count). The summed E-state index contributed by atoms with van der Waals surface area (Å²) in [6.07, 6.45) is 4.88. The Kier molecular flexibility index (Phi) is 6.62. The van der Waals surface area contributed by atoms with E-state index in [0.717, 1.165) is 48.8 Å². The van der Waals surface area contributed by atoms with Crippen LogP contribution in [0.25, 0.3) is 9.88 Å². The second-order valence-electron chi connectivity index (χ2n) is 7.51. The third kappa shape index (κ3) is 5.25. The molecule has 0 atom stereocenters. The topological polar surface area (TPSA) is 42.4 Å². The molecule has 4 nitrogen and oxygen atoms in total. The Morgan fingerprint density at radius 3 is 2.66 bits per heavy atom. The van der Waals surface area contributed by atoms with Gasteiger partial charge in [-0.25, -0.2) is 4.98 Å². The van der Waals surface area contributed by atoms with Crippen LogP contribution in [0.3, 0.4) is 0 Å². The Hall–Kier alpha value is -2.18. The van der Waals surface area contributed by atoms with E-state index in [9.17, 15) is 4.79 Å². The van der Waals surface area contributed by atoms with Gasteiger partial charge in [-0.15, -0.1) is 22.7 Å². The summed E-state index contributed by atoms with van der Waals surface area (Å²) in [7, 11) is 1.70. The number of hydrogen-bond acceptors (Lipinski definition) is 5. The van der Waals surface area contributed by atoms with E-state index < -0.39 is 0 Å². The number of amides is 1. The van der Waals surface area contributed by atoms with E-state index in [1.54, 1.807) is 29.8 Å². The van der Waals surface area contributed by atoms with Crippen molar-refractivity contribution in [2.75, 3.05) is 20.2 Å². The molecule has 2 aromatic heterocycles. The van der Waals surface area contributed by atoms with Crippen LogP contribution in [0.1, 0.15) is 30.5 Å². The van der Waals surface area contributed by atoms with Gasteiger partial charge < -0.3 is 9.64 Å². The largest absolute Gasteiger partial charge is 0.497 e. The smallest absolute Gasteiger partial charge is 0.228 e. The summed E-state index contributed by atoms with van der Waals surface area (Å²) in [4.78, 5) is 20.5. The van der Waals surface area contributed by atoms with Gasteiger partial charge in [-0.05, 0) is 60.7 Å². The number of rotatable bonds is 7. The number of aryl methyl sites for hydroxylation is 1. The minimum absolute atomic E-state index is 0.210. The van der Waals surface area contributed by atoms with Gasteiger partial charge >= 0.3 is 0 Å². The summed E-state index contributed by atoms with van der Waals surface area (Å²) >= 11 is 3.31. The van der Waals surface area contributed by atoms with Crippen molar-refractivity contribution in [2.24, 2.45) is 5.92 Å². The van der Waals surface area contributed by atoms with Crippen molar-refractivity contribution in [3.8, 4) is 15.6 Å². The molecule has 3 aromatic rings. The van der Waals surface area contributed by atoms with E-state index in [-0.39, 0.29) is 5.91 Å². The molecule has 1 aromatic carbocycles. The monoisotopic (exact) mass is 426 g/mol. The second-order valence-corrected chi connectivity index (χ2v) is 9.31. The number of ether oxygens (including phenoxy) is 1. The van der Waals surface area contributed by atoms with Crippen LogP contribution < -0.4 is 4.74 Å². The van der Waals surface area contributed by atoms with Crippen molar-refractivity contribution in [1.29, 1.82) is 0 Å². The van der Waals surface area contributed by atoms with E-state index >= 15 is 0 Å². The van der Waals surface area contributed by atoms with Crippen LogP contribution in [-0.2, 0) is 17.6 Å². The van der Waals surface area contributed by atoms with Crippen LogP contribution in [-0.4, -0.2) is 36.0 Å². The molecule has 0 aliphatic carbocycles. The van der Waals surface area contributed by atoms with E-state index in [1.165, 1.54) is 16.9 Å². The van der Waals surface area contributed by atoms with Gasteiger partial charge in [-0.2, -0.15) is 0 Å². The zero-order valence-corrected chi connectivity index (χ0v) is 18.3. The number of likely N-dealkylation sites (tertiary alicyclic amines) is 1. The average Bonchev–Trinajstić information content (AvgIpc) is 3.45. The SMILES string of the molecule is COc1ccc(CCC2CCN(C(=O)Cc3csc(-c4cccs4)n3)CC2)cc1. The van der Waals surface area contributed by atoms with Crippen LogP contribution >= 0.6 is 22.7 Å². The molecule has 0 N–H and O–H groups in total. The lowest BCUT2D eigenvalue weighted by molar-refractivity contribution is -0.131. The van der Waals surface area contributed by atoms with Gasteiger partial charge in [0.15, 0.2) is 0 Å². The van der Waals surface area contributed by atoms with Crippen molar-refractivity contribution in [3.63, 3.8) is 0 Å². The van der Waals surface area contributed by atoms with Gasteiger partial charge in [0.05, 0.1) is 24.1 Å². The molecule has 3 heterocycles. The molecule has 0 radical (unpaired) electrons. The molecule has 1 aliphatic heterocycles. The standard InChI is InChI=1S/C23H26N2O2S2/c1-27-20-8-6-17(7-9-20)4-5-18-10-12-25(13-11-18)22(26)15-19-16-29-23(24-19)21-3-2-14-28-21/h2-3,6-9,14,16,18H,4-5,10-13,15H2,1H3. The van der Waals surface area contributed by atoms with Crippen molar-refractivity contribution in [2.45, 2.75) is 32.1 Å². The summed E-state index contributed by atoms with van der Waals surface area (Å²) in [5.41, 5.74) is 2.25. The average molecular weight is 427 g/mol. The quantitative estimate of drug-likeness (QED) is 0.515. The van der Waals surface area contributed by atoms with Gasteiger partial charge in [0.1, 0.15) is 10.8 Å². The first-order chi connectivity index (χ1) is 14.2. The van der Waals surface area contributed by atoms with Crippen LogP contribution in [0, 0.1) is 5.92 Å². The summed E-state index contributed by atoms with van der Waals surface area (Å²) in [6.45, 7) is 1.74. The molecule has 1 aliphatic rings. The number of thiazole rings is 1. The highest BCUT2D eigenvalue weighted by molar-refractivity contribution is 7.20. The van der Waals surface area contributed by atoms with Gasteiger partial charge in [-0.3, -0.25) is 4.79 Å². The molecule has 1 saturated heterocycles. The Labute approximate surface area is 180 Å². The number of piperidine rings is 1. The number of thiophene rings is 1. The number of aromatic nitrogens is 1. The number of nitrogens with zero attached hydrogens (tertiary/aromatic N) is 2. The fourth-order valence-electron chi connectivity index (χ4n) is 3.80. The molecule has 0 saturated carbocycles. The summed E-state index contributed by atoms with van der Waals surface area (Å²) in [5, 5.41) is 5.09. The van der Waals surface area contributed by atoms with E-state index in [2.05, 4.69) is 28.6 Å². The fourth-order valence-corrected chi connectivity index (χ4v) is 5.44. The summed E-state index contributed by atoms with van der Waals surface area (Å²) in [6, 6.07) is 12.5. The lowest BCUT2D eigenvalue weighted by Gasteiger charge is -2.32. The van der Waals surface area contributed by atoms with Crippen LogP contribution in [0.2, 0.25) is 0 Å². The van der Waals surface area contributed by atoms with E-state index in [4.69, 9.17) is 4.74 Å². The lowest BCUT2D eigenvalue weighted by atomic mass is 9.90. The zero-order valence-electron chi connectivity index (χ0n) is 16.7. The number of methoxy groups -OCH3 is 1. The van der Waals surface area contributed by atoms with Crippen molar-refractivity contribution in [3.05, 3.63) is 58.4 Å². The summed E-state index contributed by atoms with van der Waals surface area (Å²) in [5.74, 6) is 1.82. The first-order valence-corrected chi connectivity index (χ1v) is 11.9. The van der Waals surface area contributed by atoms with Gasteiger partial charge in [-0.1, -0.05) is 18.2 Å². The zero-order chi connectivity index (χ0) is 20.1.